The Labute approximate surface area is 86.3 Å². The number of hydrogen-bond acceptors (Lipinski definition) is 2. The highest BCUT2D eigenvalue weighted by atomic mass is 79.9. The summed E-state index contributed by atoms with van der Waals surface area (Å²) in [6, 6.07) is 1.94. The van der Waals surface area contributed by atoms with E-state index >= 15 is 0 Å². The molecule has 1 aromatic carbocycles. The Balaban J connectivity index is 3.44. The van der Waals surface area contributed by atoms with Gasteiger partial charge in [0.1, 0.15) is 5.75 Å². The van der Waals surface area contributed by atoms with Gasteiger partial charge >= 0.3 is 0 Å². The molecule has 0 spiro atoms. The summed E-state index contributed by atoms with van der Waals surface area (Å²) in [5.41, 5.74) is 2.48. The molecule has 1 atom stereocenters. The molecule has 0 radical (unpaired) electrons. The van der Waals surface area contributed by atoms with Gasteiger partial charge in [0.05, 0.1) is 10.6 Å². The van der Waals surface area contributed by atoms with Gasteiger partial charge in [-0.1, -0.05) is 6.07 Å². The average Bonchev–Trinajstić information content (AvgIpc) is 1.99. The lowest BCUT2D eigenvalue weighted by molar-refractivity contribution is 0.194. The van der Waals surface area contributed by atoms with Crippen molar-refractivity contribution in [3.8, 4) is 5.75 Å². The second-order valence-electron chi connectivity index (χ2n) is 3.26. The minimum Gasteiger partial charge on any atom is -0.506 e. The van der Waals surface area contributed by atoms with Crippen LogP contribution in [-0.2, 0) is 0 Å². The number of rotatable bonds is 1. The largest absolute Gasteiger partial charge is 0.506 e. The first-order chi connectivity index (χ1) is 5.95. The summed E-state index contributed by atoms with van der Waals surface area (Å²) in [6.45, 7) is 5.42. The first-order valence-electron chi connectivity index (χ1n) is 4.11. The van der Waals surface area contributed by atoms with Gasteiger partial charge in [-0.25, -0.2) is 0 Å². The summed E-state index contributed by atoms with van der Waals surface area (Å²) in [5.74, 6) is 0.146. The molecule has 0 amide bonds. The maximum Gasteiger partial charge on any atom is 0.136 e. The molecule has 2 N–H and O–H groups in total. The zero-order valence-electron chi connectivity index (χ0n) is 7.93. The molecule has 0 bridgehead atoms. The predicted octanol–water partition coefficient (Wildman–Crippen LogP) is 2.82. The molecule has 0 aliphatic carbocycles. The maximum absolute atomic E-state index is 9.72. The molecule has 1 aromatic rings. The van der Waals surface area contributed by atoms with Gasteiger partial charge in [0.15, 0.2) is 0 Å². The summed E-state index contributed by atoms with van der Waals surface area (Å²) in [5, 5.41) is 19.1. The van der Waals surface area contributed by atoms with Gasteiger partial charge in [-0.15, -0.1) is 0 Å². The lowest BCUT2D eigenvalue weighted by atomic mass is 10.0. The maximum atomic E-state index is 9.72. The third kappa shape index (κ3) is 1.86. The SMILES string of the molecule is Cc1cc(C)c(C(C)O)c(O)c1Br. The molecule has 1 unspecified atom stereocenters. The lowest BCUT2D eigenvalue weighted by Crippen LogP contribution is -1.97. The Kier molecular flexibility index (Phi) is 2.98. The molecule has 0 aliphatic heterocycles. The van der Waals surface area contributed by atoms with E-state index in [0.29, 0.717) is 10.0 Å². The lowest BCUT2D eigenvalue weighted by Gasteiger charge is -2.14. The van der Waals surface area contributed by atoms with Crippen LogP contribution in [-0.4, -0.2) is 10.2 Å². The van der Waals surface area contributed by atoms with Crippen molar-refractivity contribution in [3.63, 3.8) is 0 Å². The Morgan fingerprint density at radius 2 is 1.85 bits per heavy atom. The fourth-order valence-corrected chi connectivity index (χ4v) is 1.81. The van der Waals surface area contributed by atoms with Crippen molar-refractivity contribution in [1.82, 2.24) is 0 Å². The molecule has 13 heavy (non-hydrogen) atoms. The van der Waals surface area contributed by atoms with Crippen molar-refractivity contribution in [3.05, 3.63) is 27.2 Å². The van der Waals surface area contributed by atoms with Crippen molar-refractivity contribution < 1.29 is 10.2 Å². The van der Waals surface area contributed by atoms with Crippen LogP contribution >= 0.6 is 15.9 Å². The van der Waals surface area contributed by atoms with E-state index in [4.69, 9.17) is 0 Å². The summed E-state index contributed by atoms with van der Waals surface area (Å²) in [7, 11) is 0. The number of benzene rings is 1. The molecule has 72 valence electrons. The van der Waals surface area contributed by atoms with Crippen molar-refractivity contribution in [2.45, 2.75) is 26.9 Å². The Hall–Kier alpha value is -0.540. The van der Waals surface area contributed by atoms with E-state index in [2.05, 4.69) is 15.9 Å². The molecular weight excluding hydrogens is 232 g/mol. The fraction of sp³-hybridized carbons (Fsp3) is 0.400. The highest BCUT2D eigenvalue weighted by Crippen LogP contribution is 2.36. The zero-order chi connectivity index (χ0) is 10.2. The van der Waals surface area contributed by atoms with Crippen molar-refractivity contribution >= 4 is 15.9 Å². The summed E-state index contributed by atoms with van der Waals surface area (Å²) < 4.78 is 0.661. The Morgan fingerprint density at radius 3 is 2.31 bits per heavy atom. The summed E-state index contributed by atoms with van der Waals surface area (Å²) in [4.78, 5) is 0. The molecular formula is C10H13BrO2. The number of phenolic OH excluding ortho intramolecular Hbond substituents is 1. The molecule has 0 heterocycles. The third-order valence-electron chi connectivity index (χ3n) is 2.08. The fourth-order valence-electron chi connectivity index (χ4n) is 1.48. The molecule has 0 saturated heterocycles. The van der Waals surface area contributed by atoms with Gasteiger partial charge < -0.3 is 10.2 Å². The van der Waals surface area contributed by atoms with Crippen LogP contribution < -0.4 is 0 Å². The van der Waals surface area contributed by atoms with Crippen LogP contribution in [0.4, 0.5) is 0 Å². The number of aromatic hydroxyl groups is 1. The molecule has 0 aromatic heterocycles. The normalized spacial score (nSPS) is 13.0. The number of aliphatic hydroxyl groups excluding tert-OH is 1. The van der Waals surface area contributed by atoms with Crippen molar-refractivity contribution in [2.24, 2.45) is 0 Å². The van der Waals surface area contributed by atoms with E-state index in [1.54, 1.807) is 6.92 Å². The van der Waals surface area contributed by atoms with Crippen LogP contribution in [0.5, 0.6) is 5.75 Å². The Morgan fingerprint density at radius 1 is 1.31 bits per heavy atom. The topological polar surface area (TPSA) is 40.5 Å². The highest BCUT2D eigenvalue weighted by Gasteiger charge is 2.15. The molecule has 0 aliphatic rings. The van der Waals surface area contributed by atoms with Gasteiger partial charge in [0.25, 0.3) is 0 Å². The van der Waals surface area contributed by atoms with Crippen LogP contribution in [0, 0.1) is 13.8 Å². The van der Waals surface area contributed by atoms with Gasteiger partial charge in [-0.2, -0.15) is 0 Å². The van der Waals surface area contributed by atoms with Gasteiger partial charge in [-0.05, 0) is 47.8 Å². The van der Waals surface area contributed by atoms with Crippen LogP contribution in [0.1, 0.15) is 29.7 Å². The van der Waals surface area contributed by atoms with E-state index in [0.717, 1.165) is 11.1 Å². The van der Waals surface area contributed by atoms with Crippen LogP contribution in [0.25, 0.3) is 0 Å². The van der Waals surface area contributed by atoms with E-state index in [1.807, 2.05) is 19.9 Å². The standard InChI is InChI=1S/C10H13BrO2/c1-5-4-6(2)9(11)10(13)8(5)7(3)12/h4,7,12-13H,1-3H3. The van der Waals surface area contributed by atoms with Gasteiger partial charge in [-0.3, -0.25) is 0 Å². The molecule has 2 nitrogen and oxygen atoms in total. The molecule has 0 saturated carbocycles. The number of halogens is 1. The summed E-state index contributed by atoms with van der Waals surface area (Å²) >= 11 is 3.27. The second kappa shape index (κ2) is 3.68. The predicted molar refractivity (Wildman–Crippen MR) is 55.9 cm³/mol. The minimum absolute atomic E-state index is 0.146. The van der Waals surface area contributed by atoms with Crippen LogP contribution in [0.2, 0.25) is 0 Å². The Bertz CT molecular complexity index is 332. The minimum atomic E-state index is -0.642. The van der Waals surface area contributed by atoms with E-state index < -0.39 is 6.10 Å². The smallest absolute Gasteiger partial charge is 0.136 e. The van der Waals surface area contributed by atoms with Gasteiger partial charge in [0.2, 0.25) is 0 Å². The van der Waals surface area contributed by atoms with E-state index in [1.165, 1.54) is 0 Å². The van der Waals surface area contributed by atoms with E-state index in [-0.39, 0.29) is 5.75 Å². The molecule has 0 fully saturated rings. The third-order valence-corrected chi connectivity index (χ3v) is 3.09. The van der Waals surface area contributed by atoms with E-state index in [9.17, 15) is 10.2 Å². The first kappa shape index (κ1) is 10.5. The second-order valence-corrected chi connectivity index (χ2v) is 4.06. The van der Waals surface area contributed by atoms with Crippen molar-refractivity contribution in [1.29, 1.82) is 0 Å². The quantitative estimate of drug-likeness (QED) is 0.798. The van der Waals surface area contributed by atoms with Gasteiger partial charge in [0, 0.05) is 5.56 Å². The van der Waals surface area contributed by atoms with Crippen LogP contribution in [0.15, 0.2) is 10.5 Å². The highest BCUT2D eigenvalue weighted by molar-refractivity contribution is 9.10. The number of phenols is 1. The van der Waals surface area contributed by atoms with Crippen LogP contribution in [0.3, 0.4) is 0 Å². The zero-order valence-corrected chi connectivity index (χ0v) is 9.51. The number of hydrogen-bond donors (Lipinski definition) is 2. The number of aryl methyl sites for hydroxylation is 2. The summed E-state index contributed by atoms with van der Waals surface area (Å²) in [6.07, 6.45) is -0.642. The first-order valence-corrected chi connectivity index (χ1v) is 4.91. The number of aliphatic hydroxyl groups is 1. The van der Waals surface area contributed by atoms with Crippen molar-refractivity contribution in [2.75, 3.05) is 0 Å². The molecule has 3 heteroatoms. The average molecular weight is 245 g/mol. The monoisotopic (exact) mass is 244 g/mol. The molecule has 1 rings (SSSR count).